The van der Waals surface area contributed by atoms with Crippen LogP contribution in [0, 0.1) is 0 Å². The van der Waals surface area contributed by atoms with Gasteiger partial charge in [-0.15, -0.1) is 0 Å². The van der Waals surface area contributed by atoms with E-state index in [9.17, 15) is 9.59 Å². The number of ether oxygens (including phenoxy) is 2. The van der Waals surface area contributed by atoms with E-state index in [1.165, 1.54) is 7.11 Å². The second-order valence-electron chi connectivity index (χ2n) is 6.91. The molecule has 0 spiro atoms. The molecule has 0 fully saturated rings. The Morgan fingerprint density at radius 2 is 1.52 bits per heavy atom. The van der Waals surface area contributed by atoms with Crippen molar-refractivity contribution in [2.24, 2.45) is 0 Å². The molecule has 0 aromatic heterocycles. The number of halogens is 1. The summed E-state index contributed by atoms with van der Waals surface area (Å²) in [5.41, 5.74) is 3.14. The van der Waals surface area contributed by atoms with Crippen LogP contribution in [0.25, 0.3) is 21.9 Å². The van der Waals surface area contributed by atoms with Crippen molar-refractivity contribution in [1.29, 1.82) is 0 Å². The number of hydrogen-bond acceptors (Lipinski definition) is 4. The molecule has 0 amide bonds. The highest BCUT2D eigenvalue weighted by Gasteiger charge is 2.22. The van der Waals surface area contributed by atoms with Crippen LogP contribution in [0.4, 0.5) is 0 Å². The van der Waals surface area contributed by atoms with Crippen molar-refractivity contribution in [3.05, 3.63) is 106 Å². The summed E-state index contributed by atoms with van der Waals surface area (Å²) in [7, 11) is 1.34. The van der Waals surface area contributed by atoms with E-state index in [2.05, 4.69) is 15.9 Å². The summed E-state index contributed by atoms with van der Waals surface area (Å²) >= 11 is 3.62. The van der Waals surface area contributed by atoms with Crippen LogP contribution in [0.2, 0.25) is 0 Å². The SMILES string of the molecule is COC(=O)c1cc2ccccc2c(-c2ccccc2Br)c1COC(=O)c1ccccc1. The lowest BCUT2D eigenvalue weighted by molar-refractivity contribution is 0.0462. The van der Waals surface area contributed by atoms with Gasteiger partial charge in [-0.3, -0.25) is 0 Å². The van der Waals surface area contributed by atoms with Gasteiger partial charge in [0, 0.05) is 10.0 Å². The molecule has 0 aliphatic heterocycles. The summed E-state index contributed by atoms with van der Waals surface area (Å²) in [4.78, 5) is 25.3. The monoisotopic (exact) mass is 474 g/mol. The van der Waals surface area contributed by atoms with Gasteiger partial charge in [-0.1, -0.05) is 76.6 Å². The third-order valence-electron chi connectivity index (χ3n) is 5.06. The van der Waals surface area contributed by atoms with Gasteiger partial charge in [0.25, 0.3) is 0 Å². The molecule has 0 bridgehead atoms. The molecule has 0 atom stereocenters. The summed E-state index contributed by atoms with van der Waals surface area (Å²) in [5, 5.41) is 1.85. The molecule has 0 radical (unpaired) electrons. The summed E-state index contributed by atoms with van der Waals surface area (Å²) in [6, 6.07) is 26.1. The lowest BCUT2D eigenvalue weighted by Gasteiger charge is -2.18. The highest BCUT2D eigenvalue weighted by Crippen LogP contribution is 2.39. The number of benzene rings is 4. The quantitative estimate of drug-likeness (QED) is 0.313. The lowest BCUT2D eigenvalue weighted by Crippen LogP contribution is -2.12. The number of carbonyl (C=O) groups excluding carboxylic acids is 2. The number of esters is 2. The van der Waals surface area contributed by atoms with Crippen LogP contribution in [0.1, 0.15) is 26.3 Å². The first kappa shape index (κ1) is 20.8. The molecule has 0 saturated carbocycles. The maximum Gasteiger partial charge on any atom is 0.338 e. The lowest BCUT2D eigenvalue weighted by atomic mass is 9.90. The Morgan fingerprint density at radius 1 is 0.839 bits per heavy atom. The fraction of sp³-hybridized carbons (Fsp3) is 0.0769. The van der Waals surface area contributed by atoms with Crippen molar-refractivity contribution in [3.8, 4) is 11.1 Å². The van der Waals surface area contributed by atoms with Crippen LogP contribution in [0.15, 0.2) is 89.4 Å². The maximum atomic E-state index is 12.7. The van der Waals surface area contributed by atoms with Crippen molar-refractivity contribution >= 4 is 38.6 Å². The normalized spacial score (nSPS) is 10.6. The van der Waals surface area contributed by atoms with Crippen molar-refractivity contribution in [2.45, 2.75) is 6.61 Å². The molecular formula is C26H19BrO4. The van der Waals surface area contributed by atoms with Gasteiger partial charge in [-0.25, -0.2) is 9.59 Å². The van der Waals surface area contributed by atoms with E-state index in [0.29, 0.717) is 16.7 Å². The molecule has 5 heteroatoms. The Kier molecular flexibility index (Phi) is 6.14. The molecule has 0 unspecified atom stereocenters. The number of fused-ring (bicyclic) bond motifs is 1. The molecule has 4 rings (SSSR count). The van der Waals surface area contributed by atoms with Crippen molar-refractivity contribution in [1.82, 2.24) is 0 Å². The van der Waals surface area contributed by atoms with E-state index < -0.39 is 11.9 Å². The van der Waals surface area contributed by atoms with E-state index in [-0.39, 0.29) is 6.61 Å². The highest BCUT2D eigenvalue weighted by molar-refractivity contribution is 9.10. The Labute approximate surface area is 188 Å². The summed E-state index contributed by atoms with van der Waals surface area (Å²) < 4.78 is 11.6. The Morgan fingerprint density at radius 3 is 2.26 bits per heavy atom. The Balaban J connectivity index is 1.91. The van der Waals surface area contributed by atoms with E-state index in [4.69, 9.17) is 9.47 Å². The van der Waals surface area contributed by atoms with Gasteiger partial charge in [0.1, 0.15) is 6.61 Å². The van der Waals surface area contributed by atoms with Gasteiger partial charge < -0.3 is 9.47 Å². The molecule has 4 aromatic carbocycles. The molecule has 31 heavy (non-hydrogen) atoms. The van der Waals surface area contributed by atoms with E-state index in [1.807, 2.05) is 54.6 Å². The second-order valence-corrected chi connectivity index (χ2v) is 7.77. The summed E-state index contributed by atoms with van der Waals surface area (Å²) in [6.45, 7) is -0.0698. The highest BCUT2D eigenvalue weighted by atomic mass is 79.9. The second kappa shape index (κ2) is 9.14. The predicted molar refractivity (Wildman–Crippen MR) is 124 cm³/mol. The Hall–Kier alpha value is -3.44. The first-order valence-corrected chi connectivity index (χ1v) is 10.5. The topological polar surface area (TPSA) is 52.6 Å². The van der Waals surface area contributed by atoms with Crippen LogP contribution < -0.4 is 0 Å². The van der Waals surface area contributed by atoms with E-state index in [1.54, 1.807) is 30.3 Å². The Bertz CT molecular complexity index is 1270. The zero-order chi connectivity index (χ0) is 21.8. The van der Waals surface area contributed by atoms with Gasteiger partial charge in [0.15, 0.2) is 0 Å². The molecule has 0 heterocycles. The smallest absolute Gasteiger partial charge is 0.338 e. The molecule has 0 aliphatic carbocycles. The maximum absolute atomic E-state index is 12.7. The zero-order valence-corrected chi connectivity index (χ0v) is 18.4. The van der Waals surface area contributed by atoms with Crippen molar-refractivity contribution in [3.63, 3.8) is 0 Å². The number of hydrogen-bond donors (Lipinski definition) is 0. The molecule has 0 aliphatic rings. The summed E-state index contributed by atoms with van der Waals surface area (Å²) in [5.74, 6) is -0.938. The van der Waals surface area contributed by atoms with Crippen LogP contribution in [0.3, 0.4) is 0 Å². The molecule has 4 aromatic rings. The van der Waals surface area contributed by atoms with E-state index in [0.717, 1.165) is 26.4 Å². The summed E-state index contributed by atoms with van der Waals surface area (Å²) in [6.07, 6.45) is 0. The largest absolute Gasteiger partial charge is 0.465 e. The molecular weight excluding hydrogens is 456 g/mol. The number of rotatable bonds is 5. The van der Waals surface area contributed by atoms with Crippen molar-refractivity contribution in [2.75, 3.05) is 7.11 Å². The average Bonchev–Trinajstić information content (AvgIpc) is 2.82. The van der Waals surface area contributed by atoms with Crippen LogP contribution in [-0.4, -0.2) is 19.0 Å². The molecule has 0 N–H and O–H groups in total. The third kappa shape index (κ3) is 4.23. The minimum absolute atomic E-state index is 0.0698. The van der Waals surface area contributed by atoms with Gasteiger partial charge in [0.2, 0.25) is 0 Å². The first-order valence-electron chi connectivity index (χ1n) is 9.70. The van der Waals surface area contributed by atoms with Gasteiger partial charge in [0.05, 0.1) is 18.2 Å². The molecule has 4 nitrogen and oxygen atoms in total. The number of carbonyl (C=O) groups is 2. The standard InChI is InChI=1S/C26H19BrO4/c1-30-26(29)21-15-18-11-5-6-12-19(18)24(20-13-7-8-14-23(20)27)22(21)16-31-25(28)17-9-3-2-4-10-17/h2-15H,16H2,1H3. The number of methoxy groups -OCH3 is 1. The fourth-order valence-corrected chi connectivity index (χ4v) is 4.08. The molecule has 0 saturated heterocycles. The average molecular weight is 475 g/mol. The fourth-order valence-electron chi connectivity index (χ4n) is 3.60. The minimum atomic E-state index is -0.482. The van der Waals surface area contributed by atoms with Crippen molar-refractivity contribution < 1.29 is 19.1 Å². The van der Waals surface area contributed by atoms with Crippen LogP contribution in [0.5, 0.6) is 0 Å². The molecule has 154 valence electrons. The van der Waals surface area contributed by atoms with Gasteiger partial charge >= 0.3 is 11.9 Å². The minimum Gasteiger partial charge on any atom is -0.465 e. The zero-order valence-electron chi connectivity index (χ0n) is 16.8. The third-order valence-corrected chi connectivity index (χ3v) is 5.75. The van der Waals surface area contributed by atoms with Gasteiger partial charge in [-0.05, 0) is 46.2 Å². The predicted octanol–water partition coefficient (Wildman–Crippen LogP) is 6.41. The van der Waals surface area contributed by atoms with Gasteiger partial charge in [-0.2, -0.15) is 0 Å². The van der Waals surface area contributed by atoms with E-state index >= 15 is 0 Å². The first-order chi connectivity index (χ1) is 15.1. The van der Waals surface area contributed by atoms with Crippen LogP contribution >= 0.6 is 15.9 Å². The van der Waals surface area contributed by atoms with Crippen LogP contribution in [-0.2, 0) is 16.1 Å².